The standard InChI is InChI=1S/C12H22N2O/c1-2-14(9-6-4-3-5-7-9)12(15)10-8-11(10)13/h9-11H,2-8,13H2,1H3. The number of hydrogen-bond acceptors (Lipinski definition) is 2. The Kier molecular flexibility index (Phi) is 3.29. The fourth-order valence-corrected chi connectivity index (χ4v) is 2.70. The van der Waals surface area contributed by atoms with Gasteiger partial charge in [0.2, 0.25) is 5.91 Å². The van der Waals surface area contributed by atoms with Gasteiger partial charge in [0.1, 0.15) is 0 Å². The van der Waals surface area contributed by atoms with Crippen LogP contribution in [0, 0.1) is 5.92 Å². The zero-order valence-electron chi connectivity index (χ0n) is 9.61. The lowest BCUT2D eigenvalue weighted by Gasteiger charge is -2.33. The molecule has 3 nitrogen and oxygen atoms in total. The lowest BCUT2D eigenvalue weighted by molar-refractivity contribution is -0.135. The Hall–Kier alpha value is -0.570. The first-order valence-electron chi connectivity index (χ1n) is 6.30. The summed E-state index contributed by atoms with van der Waals surface area (Å²) < 4.78 is 0. The van der Waals surface area contributed by atoms with E-state index in [1.807, 2.05) is 0 Å². The van der Waals surface area contributed by atoms with Crippen molar-refractivity contribution in [2.24, 2.45) is 11.7 Å². The maximum atomic E-state index is 12.1. The van der Waals surface area contributed by atoms with Gasteiger partial charge in [-0.3, -0.25) is 4.79 Å². The summed E-state index contributed by atoms with van der Waals surface area (Å²) in [5.41, 5.74) is 5.74. The Morgan fingerprint density at radius 2 is 1.93 bits per heavy atom. The van der Waals surface area contributed by atoms with E-state index in [2.05, 4.69) is 11.8 Å². The highest BCUT2D eigenvalue weighted by atomic mass is 16.2. The van der Waals surface area contributed by atoms with Crippen LogP contribution in [0.2, 0.25) is 0 Å². The van der Waals surface area contributed by atoms with Gasteiger partial charge >= 0.3 is 0 Å². The molecule has 2 atom stereocenters. The van der Waals surface area contributed by atoms with Crippen molar-refractivity contribution < 1.29 is 4.79 Å². The topological polar surface area (TPSA) is 46.3 Å². The van der Waals surface area contributed by atoms with Crippen molar-refractivity contribution in [1.29, 1.82) is 0 Å². The van der Waals surface area contributed by atoms with Crippen LogP contribution in [0.4, 0.5) is 0 Å². The van der Waals surface area contributed by atoms with E-state index in [9.17, 15) is 4.79 Å². The van der Waals surface area contributed by atoms with Crippen molar-refractivity contribution in [3.63, 3.8) is 0 Å². The van der Waals surface area contributed by atoms with Gasteiger partial charge in [-0.2, -0.15) is 0 Å². The third kappa shape index (κ3) is 2.33. The van der Waals surface area contributed by atoms with Crippen LogP contribution in [0.25, 0.3) is 0 Å². The number of carbonyl (C=O) groups excluding carboxylic acids is 1. The number of nitrogens with two attached hydrogens (primary N) is 1. The van der Waals surface area contributed by atoms with Gasteiger partial charge < -0.3 is 10.6 Å². The molecular weight excluding hydrogens is 188 g/mol. The second kappa shape index (κ2) is 4.52. The van der Waals surface area contributed by atoms with Crippen LogP contribution in [-0.4, -0.2) is 29.4 Å². The number of hydrogen-bond donors (Lipinski definition) is 1. The number of nitrogens with zero attached hydrogens (tertiary/aromatic N) is 1. The molecule has 3 heteroatoms. The molecule has 15 heavy (non-hydrogen) atoms. The summed E-state index contributed by atoms with van der Waals surface area (Å²) in [4.78, 5) is 14.2. The zero-order valence-corrected chi connectivity index (χ0v) is 9.61. The van der Waals surface area contributed by atoms with Crippen LogP contribution in [0.15, 0.2) is 0 Å². The molecule has 1 amide bonds. The summed E-state index contributed by atoms with van der Waals surface area (Å²) >= 11 is 0. The van der Waals surface area contributed by atoms with E-state index in [1.165, 1.54) is 32.1 Å². The molecule has 2 fully saturated rings. The fraction of sp³-hybridized carbons (Fsp3) is 0.917. The molecule has 2 saturated carbocycles. The normalized spacial score (nSPS) is 31.3. The zero-order chi connectivity index (χ0) is 10.8. The Morgan fingerprint density at radius 1 is 1.33 bits per heavy atom. The lowest BCUT2D eigenvalue weighted by Crippen LogP contribution is -2.42. The predicted molar refractivity (Wildman–Crippen MR) is 60.3 cm³/mol. The second-order valence-electron chi connectivity index (χ2n) is 4.92. The third-order valence-corrected chi connectivity index (χ3v) is 3.80. The SMILES string of the molecule is CCN(C(=O)C1CC1N)C1CCCCC1. The summed E-state index contributed by atoms with van der Waals surface area (Å²) in [5.74, 6) is 0.462. The molecule has 0 spiro atoms. The van der Waals surface area contributed by atoms with Crippen LogP contribution in [0.3, 0.4) is 0 Å². The van der Waals surface area contributed by atoms with Gasteiger partial charge in [0.05, 0.1) is 5.92 Å². The lowest BCUT2D eigenvalue weighted by atomic mass is 9.94. The smallest absolute Gasteiger partial charge is 0.227 e. The average Bonchev–Trinajstić information content (AvgIpc) is 2.98. The summed E-state index contributed by atoms with van der Waals surface area (Å²) in [6.45, 7) is 2.94. The number of rotatable bonds is 3. The molecule has 0 aromatic carbocycles. The van der Waals surface area contributed by atoms with Crippen LogP contribution in [0.5, 0.6) is 0 Å². The first-order chi connectivity index (χ1) is 7.24. The minimum absolute atomic E-state index is 0.145. The van der Waals surface area contributed by atoms with E-state index in [-0.39, 0.29) is 12.0 Å². The van der Waals surface area contributed by atoms with Gasteiger partial charge in [-0.05, 0) is 26.2 Å². The molecule has 2 aliphatic rings. The molecule has 2 rings (SSSR count). The quantitative estimate of drug-likeness (QED) is 0.767. The van der Waals surface area contributed by atoms with Gasteiger partial charge in [0.15, 0.2) is 0 Å². The summed E-state index contributed by atoms with van der Waals surface area (Å²) in [6.07, 6.45) is 7.20. The third-order valence-electron chi connectivity index (χ3n) is 3.80. The van der Waals surface area contributed by atoms with Crippen LogP contribution in [-0.2, 0) is 4.79 Å². The molecule has 0 aliphatic heterocycles. The Labute approximate surface area is 92.0 Å². The Balaban J connectivity index is 1.93. The minimum atomic E-state index is 0.145. The summed E-state index contributed by atoms with van der Waals surface area (Å²) in [7, 11) is 0. The van der Waals surface area contributed by atoms with E-state index in [1.54, 1.807) is 0 Å². The first kappa shape index (κ1) is 10.9. The monoisotopic (exact) mass is 210 g/mol. The minimum Gasteiger partial charge on any atom is -0.340 e. The molecule has 0 heterocycles. The Bertz CT molecular complexity index is 236. The highest BCUT2D eigenvalue weighted by Gasteiger charge is 2.43. The molecule has 0 radical (unpaired) electrons. The highest BCUT2D eigenvalue weighted by molar-refractivity contribution is 5.82. The summed E-state index contributed by atoms with van der Waals surface area (Å²) in [6, 6.07) is 0.652. The van der Waals surface area contributed by atoms with Crippen LogP contribution in [0.1, 0.15) is 45.4 Å². The van der Waals surface area contributed by atoms with E-state index in [0.717, 1.165) is 13.0 Å². The van der Waals surface area contributed by atoms with Crippen molar-refractivity contribution in [1.82, 2.24) is 4.90 Å². The van der Waals surface area contributed by atoms with Crippen molar-refractivity contribution >= 4 is 5.91 Å². The highest BCUT2D eigenvalue weighted by Crippen LogP contribution is 2.32. The van der Waals surface area contributed by atoms with Crippen LogP contribution < -0.4 is 5.73 Å². The molecular formula is C12H22N2O. The molecule has 0 aromatic rings. The number of amides is 1. The maximum Gasteiger partial charge on any atom is 0.227 e. The van der Waals surface area contributed by atoms with Gasteiger partial charge in [-0.25, -0.2) is 0 Å². The molecule has 2 N–H and O–H groups in total. The van der Waals surface area contributed by atoms with Gasteiger partial charge in [0.25, 0.3) is 0 Å². The molecule has 2 aliphatic carbocycles. The predicted octanol–water partition coefficient (Wildman–Crippen LogP) is 1.51. The van der Waals surface area contributed by atoms with E-state index in [0.29, 0.717) is 11.9 Å². The molecule has 2 unspecified atom stereocenters. The van der Waals surface area contributed by atoms with Crippen molar-refractivity contribution in [3.8, 4) is 0 Å². The van der Waals surface area contributed by atoms with Crippen molar-refractivity contribution in [2.45, 2.75) is 57.5 Å². The Morgan fingerprint density at radius 3 is 2.40 bits per heavy atom. The van der Waals surface area contributed by atoms with E-state index in [4.69, 9.17) is 5.73 Å². The maximum absolute atomic E-state index is 12.1. The van der Waals surface area contributed by atoms with Crippen molar-refractivity contribution in [2.75, 3.05) is 6.54 Å². The van der Waals surface area contributed by atoms with Crippen LogP contribution >= 0.6 is 0 Å². The molecule has 0 aromatic heterocycles. The van der Waals surface area contributed by atoms with Gasteiger partial charge in [-0.15, -0.1) is 0 Å². The van der Waals surface area contributed by atoms with Crippen molar-refractivity contribution in [3.05, 3.63) is 0 Å². The number of carbonyl (C=O) groups is 1. The summed E-state index contributed by atoms with van der Waals surface area (Å²) in [5, 5.41) is 0. The van der Waals surface area contributed by atoms with Gasteiger partial charge in [-0.1, -0.05) is 19.3 Å². The second-order valence-corrected chi connectivity index (χ2v) is 4.92. The first-order valence-corrected chi connectivity index (χ1v) is 6.30. The van der Waals surface area contributed by atoms with E-state index < -0.39 is 0 Å². The average molecular weight is 210 g/mol. The van der Waals surface area contributed by atoms with E-state index >= 15 is 0 Å². The fourth-order valence-electron chi connectivity index (χ4n) is 2.70. The molecule has 0 bridgehead atoms. The largest absolute Gasteiger partial charge is 0.340 e. The molecule has 86 valence electrons. The van der Waals surface area contributed by atoms with Gasteiger partial charge in [0, 0.05) is 18.6 Å². The molecule has 0 saturated heterocycles.